The molecule has 1 aliphatic rings. The number of benzene rings is 2. The predicted molar refractivity (Wildman–Crippen MR) is 140 cm³/mol. The smallest absolute Gasteiger partial charge is 0.311 e. The van der Waals surface area contributed by atoms with Gasteiger partial charge in [0.15, 0.2) is 18.6 Å². The molecule has 1 aliphatic heterocycles. The van der Waals surface area contributed by atoms with E-state index in [0.29, 0.717) is 0 Å². The molecule has 0 spiro atoms. The number of carbonyl (C=O) groups is 2. The van der Waals surface area contributed by atoms with E-state index in [1.807, 2.05) is 60.7 Å². The zero-order valence-electron chi connectivity index (χ0n) is 23.0. The fraction of sp³-hybridized carbons (Fsp3) is 0.533. The van der Waals surface area contributed by atoms with Crippen molar-refractivity contribution < 1.29 is 37.7 Å². The van der Waals surface area contributed by atoms with Crippen molar-refractivity contribution in [1.29, 1.82) is 0 Å². The summed E-state index contributed by atoms with van der Waals surface area (Å²) in [6, 6.07) is 18.8. The van der Waals surface area contributed by atoms with Crippen LogP contribution in [0.25, 0.3) is 0 Å². The van der Waals surface area contributed by atoms with E-state index in [-0.39, 0.29) is 19.8 Å². The fourth-order valence-corrected chi connectivity index (χ4v) is 3.64. The second-order valence-electron chi connectivity index (χ2n) is 11.5. The summed E-state index contributed by atoms with van der Waals surface area (Å²) in [7, 11) is 0. The molecule has 0 aromatic heterocycles. The van der Waals surface area contributed by atoms with Gasteiger partial charge in [-0.1, -0.05) is 60.7 Å². The summed E-state index contributed by atoms with van der Waals surface area (Å²) in [5.74, 6) is -1.09. The van der Waals surface area contributed by atoms with Crippen LogP contribution in [0.5, 0.6) is 0 Å². The van der Waals surface area contributed by atoms with Crippen molar-refractivity contribution in [2.24, 2.45) is 10.8 Å². The zero-order chi connectivity index (χ0) is 27.9. The zero-order valence-corrected chi connectivity index (χ0v) is 23.0. The lowest BCUT2D eigenvalue weighted by Crippen LogP contribution is -2.60. The van der Waals surface area contributed by atoms with Gasteiger partial charge in [-0.2, -0.15) is 0 Å². The van der Waals surface area contributed by atoms with Crippen molar-refractivity contribution in [3.8, 4) is 0 Å². The minimum Gasteiger partial charge on any atom is -0.462 e. The second kappa shape index (κ2) is 12.8. The van der Waals surface area contributed by atoms with Crippen LogP contribution in [0, 0.1) is 10.8 Å². The highest BCUT2D eigenvalue weighted by molar-refractivity contribution is 5.76. The number of ether oxygens (including phenoxy) is 5. The highest BCUT2D eigenvalue weighted by atomic mass is 19.1. The number of carbonyl (C=O) groups excluding carboxylic acids is 2. The lowest BCUT2D eigenvalue weighted by molar-refractivity contribution is -0.309. The van der Waals surface area contributed by atoms with Crippen LogP contribution in [-0.4, -0.2) is 49.3 Å². The summed E-state index contributed by atoms with van der Waals surface area (Å²) in [6.07, 6.45) is -6.57. The predicted octanol–water partition coefficient (Wildman–Crippen LogP) is 5.40. The molecule has 1 heterocycles. The minimum absolute atomic E-state index is 0.125. The van der Waals surface area contributed by atoms with Gasteiger partial charge in [0.1, 0.15) is 18.8 Å². The van der Waals surface area contributed by atoms with Gasteiger partial charge in [0.25, 0.3) is 0 Å². The summed E-state index contributed by atoms with van der Waals surface area (Å²) < 4.78 is 45.3. The molecule has 8 heteroatoms. The number of hydrogen-bond donors (Lipinski definition) is 0. The van der Waals surface area contributed by atoms with Gasteiger partial charge in [0, 0.05) is 0 Å². The van der Waals surface area contributed by atoms with Gasteiger partial charge in [-0.05, 0) is 52.7 Å². The lowest BCUT2D eigenvalue weighted by Gasteiger charge is -2.43. The largest absolute Gasteiger partial charge is 0.462 e. The molecule has 0 unspecified atom stereocenters. The molecule has 2 aromatic carbocycles. The molecular weight excluding hydrogens is 491 g/mol. The molecule has 0 bridgehead atoms. The molecule has 2 aromatic rings. The van der Waals surface area contributed by atoms with Crippen LogP contribution in [0.4, 0.5) is 4.39 Å². The van der Waals surface area contributed by atoms with Crippen molar-refractivity contribution in [2.45, 2.75) is 85.5 Å². The Bertz CT molecular complexity index is 1030. The first-order chi connectivity index (χ1) is 17.9. The molecular formula is C30H39FO7. The van der Waals surface area contributed by atoms with Crippen LogP contribution in [0.3, 0.4) is 0 Å². The normalized spacial score (nSPS) is 24.0. The van der Waals surface area contributed by atoms with Gasteiger partial charge in [0.2, 0.25) is 0 Å². The van der Waals surface area contributed by atoms with Gasteiger partial charge in [-0.15, -0.1) is 0 Å². The Morgan fingerprint density at radius 3 is 1.76 bits per heavy atom. The maximum atomic E-state index is 16.0. The third-order valence-electron chi connectivity index (χ3n) is 5.96. The minimum atomic E-state index is -1.83. The summed E-state index contributed by atoms with van der Waals surface area (Å²) >= 11 is 0. The Balaban J connectivity index is 1.88. The van der Waals surface area contributed by atoms with E-state index in [0.717, 1.165) is 11.1 Å². The van der Waals surface area contributed by atoms with Crippen LogP contribution in [-0.2, 0) is 46.5 Å². The van der Waals surface area contributed by atoms with Gasteiger partial charge >= 0.3 is 11.9 Å². The molecule has 0 N–H and O–H groups in total. The first kappa shape index (κ1) is 29.7. The van der Waals surface area contributed by atoms with Gasteiger partial charge in [-0.25, -0.2) is 4.39 Å². The van der Waals surface area contributed by atoms with Crippen molar-refractivity contribution in [2.75, 3.05) is 6.61 Å². The van der Waals surface area contributed by atoms with E-state index in [1.165, 1.54) is 0 Å². The highest BCUT2D eigenvalue weighted by Gasteiger charge is 2.51. The van der Waals surface area contributed by atoms with Crippen LogP contribution >= 0.6 is 0 Å². The van der Waals surface area contributed by atoms with Crippen LogP contribution in [0.2, 0.25) is 0 Å². The number of hydrogen-bond acceptors (Lipinski definition) is 7. The number of rotatable bonds is 9. The van der Waals surface area contributed by atoms with Gasteiger partial charge in [0.05, 0.1) is 24.0 Å². The summed E-state index contributed by atoms with van der Waals surface area (Å²) in [5, 5.41) is 0. The third kappa shape index (κ3) is 8.35. The topological polar surface area (TPSA) is 80.3 Å². The molecule has 3 rings (SSSR count). The SMILES string of the molecule is CC(C)(C)C(=O)OC[C@H]1O[C@H](OCc2ccccc2)[C@H](OCc2ccccc2)[C@@H](OC(=O)C(C)(C)C)[C@@H]1F. The van der Waals surface area contributed by atoms with Crippen molar-refractivity contribution >= 4 is 11.9 Å². The van der Waals surface area contributed by atoms with E-state index in [1.54, 1.807) is 41.5 Å². The second-order valence-corrected chi connectivity index (χ2v) is 11.5. The number of halogens is 1. The van der Waals surface area contributed by atoms with Crippen molar-refractivity contribution in [3.63, 3.8) is 0 Å². The average molecular weight is 531 g/mol. The van der Waals surface area contributed by atoms with Gasteiger partial charge in [-0.3, -0.25) is 9.59 Å². The van der Waals surface area contributed by atoms with E-state index >= 15 is 4.39 Å². The highest BCUT2D eigenvalue weighted by Crippen LogP contribution is 2.32. The monoisotopic (exact) mass is 530 g/mol. The maximum Gasteiger partial charge on any atom is 0.311 e. The first-order valence-electron chi connectivity index (χ1n) is 12.8. The van der Waals surface area contributed by atoms with E-state index in [9.17, 15) is 9.59 Å². The molecule has 0 amide bonds. The average Bonchev–Trinajstić information content (AvgIpc) is 2.87. The number of esters is 2. The van der Waals surface area contributed by atoms with E-state index in [2.05, 4.69) is 0 Å². The quantitative estimate of drug-likeness (QED) is 0.402. The lowest BCUT2D eigenvalue weighted by atomic mass is 9.95. The summed E-state index contributed by atoms with van der Waals surface area (Å²) in [4.78, 5) is 25.3. The Hall–Kier alpha value is -2.81. The third-order valence-corrected chi connectivity index (χ3v) is 5.96. The fourth-order valence-electron chi connectivity index (χ4n) is 3.64. The molecule has 0 aliphatic carbocycles. The Morgan fingerprint density at radius 2 is 1.26 bits per heavy atom. The molecule has 0 radical (unpaired) electrons. The van der Waals surface area contributed by atoms with Crippen LogP contribution < -0.4 is 0 Å². The first-order valence-corrected chi connectivity index (χ1v) is 12.8. The standard InChI is InChI=1S/C30H39FO7/c1-29(2,3)27(32)36-19-22-23(31)24(38-28(33)30(4,5)6)25(34-17-20-13-9-7-10-14-20)26(37-22)35-18-21-15-11-8-12-16-21/h7-16,22-26H,17-19H2,1-6H3/t22-,23-,24+,25-,26+/m1/s1. The van der Waals surface area contributed by atoms with E-state index < -0.39 is 53.5 Å². The summed E-state index contributed by atoms with van der Waals surface area (Å²) in [5.41, 5.74) is 0.0748. The summed E-state index contributed by atoms with van der Waals surface area (Å²) in [6.45, 7) is 10.1. The van der Waals surface area contributed by atoms with Crippen LogP contribution in [0.1, 0.15) is 52.7 Å². The molecule has 1 fully saturated rings. The molecule has 1 saturated heterocycles. The van der Waals surface area contributed by atoms with Crippen molar-refractivity contribution in [1.82, 2.24) is 0 Å². The van der Waals surface area contributed by atoms with E-state index in [4.69, 9.17) is 23.7 Å². The molecule has 0 saturated carbocycles. The Morgan fingerprint density at radius 1 is 0.763 bits per heavy atom. The van der Waals surface area contributed by atoms with Crippen molar-refractivity contribution in [3.05, 3.63) is 71.8 Å². The number of alkyl halides is 1. The molecule has 7 nitrogen and oxygen atoms in total. The van der Waals surface area contributed by atoms with Gasteiger partial charge < -0.3 is 23.7 Å². The molecule has 208 valence electrons. The Labute approximate surface area is 224 Å². The molecule has 5 atom stereocenters. The van der Waals surface area contributed by atoms with Crippen LogP contribution in [0.15, 0.2) is 60.7 Å². The Kier molecular flexibility index (Phi) is 10.0. The maximum absolute atomic E-state index is 16.0. The molecule has 38 heavy (non-hydrogen) atoms.